The lowest BCUT2D eigenvalue weighted by molar-refractivity contribution is 0.356. The van der Waals surface area contributed by atoms with Gasteiger partial charge < -0.3 is 10.6 Å². The van der Waals surface area contributed by atoms with Crippen molar-refractivity contribution < 1.29 is 0 Å². The molecular weight excluding hydrogens is 220 g/mol. The molecule has 2 rings (SSSR count). The summed E-state index contributed by atoms with van der Waals surface area (Å²) in [6.45, 7) is 11.2. The van der Waals surface area contributed by atoms with E-state index < -0.39 is 0 Å². The Kier molecular flexibility index (Phi) is 4.79. The molecule has 0 atom stereocenters. The Bertz CT molecular complexity index is 369. The van der Waals surface area contributed by atoms with E-state index in [0.717, 1.165) is 19.0 Å². The number of piperidine rings is 1. The van der Waals surface area contributed by atoms with Gasteiger partial charge in [0.25, 0.3) is 0 Å². The van der Waals surface area contributed by atoms with Gasteiger partial charge in [0.1, 0.15) is 0 Å². The van der Waals surface area contributed by atoms with Gasteiger partial charge in [-0.3, -0.25) is 0 Å². The first-order chi connectivity index (χ1) is 8.66. The maximum atomic E-state index is 3.64. The van der Waals surface area contributed by atoms with Crippen LogP contribution < -0.4 is 10.6 Å². The molecular formula is C16H26N2. The first-order valence-corrected chi connectivity index (χ1v) is 7.15. The van der Waals surface area contributed by atoms with E-state index in [0.29, 0.717) is 0 Å². The summed E-state index contributed by atoms with van der Waals surface area (Å²) in [5, 5.41) is 7.06. The van der Waals surface area contributed by atoms with Crippen molar-refractivity contribution in [2.45, 2.75) is 40.2 Å². The van der Waals surface area contributed by atoms with E-state index in [4.69, 9.17) is 0 Å². The molecule has 2 heteroatoms. The Hall–Kier alpha value is -0.860. The first kappa shape index (κ1) is 13.6. The van der Waals surface area contributed by atoms with Crippen molar-refractivity contribution in [3.05, 3.63) is 34.4 Å². The van der Waals surface area contributed by atoms with Gasteiger partial charge in [-0.15, -0.1) is 0 Å². The molecule has 18 heavy (non-hydrogen) atoms. The maximum absolute atomic E-state index is 3.64. The monoisotopic (exact) mass is 246 g/mol. The van der Waals surface area contributed by atoms with Crippen molar-refractivity contribution in [3.8, 4) is 0 Å². The van der Waals surface area contributed by atoms with Crippen LogP contribution >= 0.6 is 0 Å². The van der Waals surface area contributed by atoms with E-state index in [2.05, 4.69) is 43.5 Å². The van der Waals surface area contributed by atoms with E-state index in [1.54, 1.807) is 0 Å². The van der Waals surface area contributed by atoms with Gasteiger partial charge in [-0.1, -0.05) is 17.7 Å². The van der Waals surface area contributed by atoms with Crippen LogP contribution in [0.2, 0.25) is 0 Å². The second kappa shape index (κ2) is 6.35. The lowest BCUT2D eigenvalue weighted by Gasteiger charge is -2.23. The zero-order valence-corrected chi connectivity index (χ0v) is 12.0. The van der Waals surface area contributed by atoms with Crippen LogP contribution in [0.15, 0.2) is 12.1 Å². The van der Waals surface area contributed by atoms with Crippen LogP contribution in [0.4, 0.5) is 0 Å². The van der Waals surface area contributed by atoms with Gasteiger partial charge in [-0.25, -0.2) is 0 Å². The van der Waals surface area contributed by atoms with Crippen LogP contribution in [0, 0.1) is 26.7 Å². The summed E-state index contributed by atoms with van der Waals surface area (Å²) in [7, 11) is 0. The van der Waals surface area contributed by atoms with Crippen molar-refractivity contribution >= 4 is 0 Å². The highest BCUT2D eigenvalue weighted by Gasteiger charge is 2.12. The molecule has 0 spiro atoms. The van der Waals surface area contributed by atoms with Gasteiger partial charge in [0.15, 0.2) is 0 Å². The molecule has 0 amide bonds. The van der Waals surface area contributed by atoms with E-state index in [1.165, 1.54) is 48.2 Å². The third-order valence-corrected chi connectivity index (χ3v) is 4.03. The Morgan fingerprint density at radius 2 is 1.72 bits per heavy atom. The molecule has 0 unspecified atom stereocenters. The molecule has 1 saturated heterocycles. The second-order valence-electron chi connectivity index (χ2n) is 5.70. The summed E-state index contributed by atoms with van der Waals surface area (Å²) in [5.41, 5.74) is 5.69. The molecule has 1 heterocycles. The zero-order chi connectivity index (χ0) is 13.0. The van der Waals surface area contributed by atoms with Crippen LogP contribution in [0.3, 0.4) is 0 Å². The molecule has 0 saturated carbocycles. The standard InChI is InChI=1S/C16H26N2/c1-12-8-13(2)16(14(3)9-12)11-18-10-15-4-6-17-7-5-15/h8-9,15,17-18H,4-7,10-11H2,1-3H3. The Labute approximate surface area is 111 Å². The van der Waals surface area contributed by atoms with Crippen LogP contribution in [-0.2, 0) is 6.54 Å². The molecule has 1 fully saturated rings. The fraction of sp³-hybridized carbons (Fsp3) is 0.625. The van der Waals surface area contributed by atoms with E-state index in [1.807, 2.05) is 0 Å². The highest BCUT2D eigenvalue weighted by atomic mass is 14.9. The fourth-order valence-electron chi connectivity index (χ4n) is 2.98. The number of hydrogen-bond acceptors (Lipinski definition) is 2. The van der Waals surface area contributed by atoms with Crippen molar-refractivity contribution in [2.24, 2.45) is 5.92 Å². The van der Waals surface area contributed by atoms with Crippen molar-refractivity contribution in [1.29, 1.82) is 0 Å². The molecule has 2 nitrogen and oxygen atoms in total. The molecule has 2 N–H and O–H groups in total. The van der Waals surface area contributed by atoms with Gasteiger partial charge in [0.05, 0.1) is 0 Å². The second-order valence-corrected chi connectivity index (χ2v) is 5.70. The third-order valence-electron chi connectivity index (χ3n) is 4.03. The van der Waals surface area contributed by atoms with E-state index in [9.17, 15) is 0 Å². The minimum Gasteiger partial charge on any atom is -0.317 e. The van der Waals surface area contributed by atoms with Gasteiger partial charge in [0, 0.05) is 6.54 Å². The lowest BCUT2D eigenvalue weighted by Crippen LogP contribution is -2.33. The lowest BCUT2D eigenvalue weighted by atomic mass is 9.97. The predicted molar refractivity (Wildman–Crippen MR) is 78.0 cm³/mol. The molecule has 1 aliphatic rings. The summed E-state index contributed by atoms with van der Waals surface area (Å²) in [6, 6.07) is 4.57. The summed E-state index contributed by atoms with van der Waals surface area (Å²) in [4.78, 5) is 0. The van der Waals surface area contributed by atoms with E-state index >= 15 is 0 Å². The number of hydrogen-bond donors (Lipinski definition) is 2. The smallest absolute Gasteiger partial charge is 0.0210 e. The topological polar surface area (TPSA) is 24.1 Å². The Balaban J connectivity index is 1.86. The molecule has 100 valence electrons. The molecule has 0 aromatic heterocycles. The minimum atomic E-state index is 0.859. The Morgan fingerprint density at radius 1 is 1.11 bits per heavy atom. The molecule has 0 bridgehead atoms. The normalized spacial score (nSPS) is 17.1. The van der Waals surface area contributed by atoms with Crippen LogP contribution in [-0.4, -0.2) is 19.6 Å². The fourth-order valence-corrected chi connectivity index (χ4v) is 2.98. The Morgan fingerprint density at radius 3 is 2.33 bits per heavy atom. The van der Waals surface area contributed by atoms with Gasteiger partial charge in [-0.05, 0) is 75.9 Å². The summed E-state index contributed by atoms with van der Waals surface area (Å²) in [6.07, 6.45) is 2.64. The zero-order valence-electron chi connectivity index (χ0n) is 12.0. The average molecular weight is 246 g/mol. The summed E-state index contributed by atoms with van der Waals surface area (Å²) < 4.78 is 0. The molecule has 0 radical (unpaired) electrons. The maximum Gasteiger partial charge on any atom is 0.0210 e. The van der Waals surface area contributed by atoms with Crippen molar-refractivity contribution in [3.63, 3.8) is 0 Å². The van der Waals surface area contributed by atoms with Gasteiger partial charge in [-0.2, -0.15) is 0 Å². The quantitative estimate of drug-likeness (QED) is 0.853. The predicted octanol–water partition coefficient (Wildman–Crippen LogP) is 2.70. The molecule has 1 aromatic rings. The molecule has 0 aliphatic carbocycles. The number of nitrogens with one attached hydrogen (secondary N) is 2. The van der Waals surface area contributed by atoms with Crippen LogP contribution in [0.1, 0.15) is 35.1 Å². The van der Waals surface area contributed by atoms with E-state index in [-0.39, 0.29) is 0 Å². The summed E-state index contributed by atoms with van der Waals surface area (Å²) >= 11 is 0. The van der Waals surface area contributed by atoms with Crippen LogP contribution in [0.25, 0.3) is 0 Å². The number of benzene rings is 1. The molecule has 1 aliphatic heterocycles. The highest BCUT2D eigenvalue weighted by molar-refractivity contribution is 5.37. The minimum absolute atomic E-state index is 0.859. The largest absolute Gasteiger partial charge is 0.317 e. The van der Waals surface area contributed by atoms with Gasteiger partial charge in [0.2, 0.25) is 0 Å². The van der Waals surface area contributed by atoms with Crippen molar-refractivity contribution in [1.82, 2.24) is 10.6 Å². The average Bonchev–Trinajstić information content (AvgIpc) is 2.34. The van der Waals surface area contributed by atoms with Crippen LogP contribution in [0.5, 0.6) is 0 Å². The van der Waals surface area contributed by atoms with Gasteiger partial charge >= 0.3 is 0 Å². The number of aryl methyl sites for hydroxylation is 3. The summed E-state index contributed by atoms with van der Waals surface area (Å²) in [5.74, 6) is 0.859. The SMILES string of the molecule is Cc1cc(C)c(CNCC2CCNCC2)c(C)c1. The van der Waals surface area contributed by atoms with Crippen molar-refractivity contribution in [2.75, 3.05) is 19.6 Å². The number of rotatable bonds is 4. The molecule has 1 aromatic carbocycles. The highest BCUT2D eigenvalue weighted by Crippen LogP contribution is 2.16. The third kappa shape index (κ3) is 3.56. The first-order valence-electron chi connectivity index (χ1n) is 7.15.